The Morgan fingerprint density at radius 2 is 1.93 bits per heavy atom. The molecule has 1 aliphatic heterocycles. The first-order valence-electron chi connectivity index (χ1n) is 8.13. The molecule has 1 fully saturated rings. The van der Waals surface area contributed by atoms with Gasteiger partial charge in [0.2, 0.25) is 15.3 Å². The van der Waals surface area contributed by atoms with Gasteiger partial charge in [0.1, 0.15) is 9.92 Å². The number of nitrogens with one attached hydrogen (secondary N) is 1. The zero-order chi connectivity index (χ0) is 19.6. The van der Waals surface area contributed by atoms with Crippen molar-refractivity contribution >= 4 is 50.4 Å². The number of ether oxygens (including phenoxy) is 1. The van der Waals surface area contributed by atoms with Crippen LogP contribution in [-0.2, 0) is 14.8 Å². The Balaban J connectivity index is 2.05. The summed E-state index contributed by atoms with van der Waals surface area (Å²) in [5.74, 6) is 0.228. The Bertz CT molecular complexity index is 934. The van der Waals surface area contributed by atoms with Crippen molar-refractivity contribution in [1.29, 1.82) is 0 Å². The lowest BCUT2D eigenvalue weighted by molar-refractivity contribution is 0.122. The van der Waals surface area contributed by atoms with Crippen molar-refractivity contribution in [3.05, 3.63) is 34.7 Å². The highest BCUT2D eigenvalue weighted by Gasteiger charge is 2.24. The van der Waals surface area contributed by atoms with E-state index in [0.29, 0.717) is 32.0 Å². The number of morpholine rings is 1. The average Bonchev–Trinajstić information content (AvgIpc) is 2.65. The summed E-state index contributed by atoms with van der Waals surface area (Å²) >= 11 is 11.9. The van der Waals surface area contributed by atoms with E-state index < -0.39 is 10.0 Å². The van der Waals surface area contributed by atoms with Gasteiger partial charge in [-0.05, 0) is 29.8 Å². The third-order valence-corrected chi connectivity index (χ3v) is 6.38. The minimum absolute atomic E-state index is 0.00357. The second-order valence-corrected chi connectivity index (χ2v) is 8.89. The summed E-state index contributed by atoms with van der Waals surface area (Å²) in [5, 5.41) is 3.19. The number of aromatic nitrogens is 2. The highest BCUT2D eigenvalue weighted by Crippen LogP contribution is 2.32. The van der Waals surface area contributed by atoms with Gasteiger partial charge in [0.05, 0.1) is 25.1 Å². The van der Waals surface area contributed by atoms with Gasteiger partial charge in [-0.1, -0.05) is 11.6 Å². The number of hydrogen-bond donors (Lipinski definition) is 1. The molecular weight excluding hydrogens is 413 g/mol. The van der Waals surface area contributed by atoms with Crippen molar-refractivity contribution in [2.45, 2.75) is 4.90 Å². The van der Waals surface area contributed by atoms with Gasteiger partial charge in [-0.15, -0.1) is 0 Å². The van der Waals surface area contributed by atoms with Crippen LogP contribution in [0.3, 0.4) is 0 Å². The Morgan fingerprint density at radius 1 is 1.22 bits per heavy atom. The molecule has 0 spiro atoms. The monoisotopic (exact) mass is 431 g/mol. The Hall–Kier alpha value is -1.65. The summed E-state index contributed by atoms with van der Waals surface area (Å²) in [5.41, 5.74) is 1.15. The van der Waals surface area contributed by atoms with Crippen LogP contribution >= 0.6 is 23.2 Å². The molecular formula is C16H19Cl2N5O3S. The predicted molar refractivity (Wildman–Crippen MR) is 106 cm³/mol. The first-order valence-corrected chi connectivity index (χ1v) is 10.3. The van der Waals surface area contributed by atoms with Crippen LogP contribution in [0.4, 0.5) is 17.2 Å². The van der Waals surface area contributed by atoms with E-state index in [1.807, 2.05) is 6.07 Å². The van der Waals surface area contributed by atoms with E-state index in [-0.39, 0.29) is 21.0 Å². The number of nitrogens with zero attached hydrogens (tertiary/aromatic N) is 4. The quantitative estimate of drug-likeness (QED) is 0.727. The van der Waals surface area contributed by atoms with Gasteiger partial charge in [0.25, 0.3) is 0 Å². The summed E-state index contributed by atoms with van der Waals surface area (Å²) in [7, 11) is -0.756. The van der Waals surface area contributed by atoms with Crippen LogP contribution in [0.15, 0.2) is 29.3 Å². The molecule has 0 radical (unpaired) electrons. The van der Waals surface area contributed by atoms with Gasteiger partial charge < -0.3 is 15.0 Å². The number of benzene rings is 1. The second kappa shape index (κ2) is 8.15. The Morgan fingerprint density at radius 3 is 2.59 bits per heavy atom. The topological polar surface area (TPSA) is 87.7 Å². The normalized spacial score (nSPS) is 15.2. The van der Waals surface area contributed by atoms with E-state index in [2.05, 4.69) is 20.2 Å². The molecule has 2 heterocycles. The smallest absolute Gasteiger partial charge is 0.244 e. The lowest BCUT2D eigenvalue weighted by Gasteiger charge is -2.29. The van der Waals surface area contributed by atoms with Crippen LogP contribution in [0.5, 0.6) is 0 Å². The minimum atomic E-state index is -3.72. The Kier molecular flexibility index (Phi) is 6.07. The molecule has 0 unspecified atom stereocenters. The maximum Gasteiger partial charge on any atom is 0.244 e. The molecule has 1 aromatic carbocycles. The predicted octanol–water partition coefficient (Wildman–Crippen LogP) is 2.61. The average molecular weight is 432 g/mol. The molecule has 2 aromatic rings. The summed E-state index contributed by atoms with van der Waals surface area (Å²) < 4.78 is 32.3. The summed E-state index contributed by atoms with van der Waals surface area (Å²) in [4.78, 5) is 10.0. The van der Waals surface area contributed by atoms with Gasteiger partial charge in [-0.3, -0.25) is 0 Å². The number of rotatable bonds is 5. The lowest BCUT2D eigenvalue weighted by Crippen LogP contribution is -2.36. The second-order valence-electron chi connectivity index (χ2n) is 6.03. The number of anilines is 3. The van der Waals surface area contributed by atoms with Crippen molar-refractivity contribution in [2.75, 3.05) is 50.6 Å². The van der Waals surface area contributed by atoms with E-state index in [1.54, 1.807) is 12.1 Å². The number of sulfonamides is 1. The van der Waals surface area contributed by atoms with Crippen molar-refractivity contribution in [3.63, 3.8) is 0 Å². The van der Waals surface area contributed by atoms with Crippen LogP contribution in [0.25, 0.3) is 0 Å². The summed E-state index contributed by atoms with van der Waals surface area (Å²) in [6, 6.07) is 5.17. The van der Waals surface area contributed by atoms with Crippen molar-refractivity contribution in [3.8, 4) is 0 Å². The molecule has 0 bridgehead atoms. The molecule has 11 heteroatoms. The molecule has 0 amide bonds. The van der Waals surface area contributed by atoms with Gasteiger partial charge in [0, 0.05) is 32.9 Å². The van der Waals surface area contributed by atoms with Crippen LogP contribution in [0.2, 0.25) is 10.3 Å². The van der Waals surface area contributed by atoms with Crippen molar-refractivity contribution < 1.29 is 13.2 Å². The molecule has 8 nitrogen and oxygen atoms in total. The Labute approximate surface area is 168 Å². The van der Waals surface area contributed by atoms with Crippen molar-refractivity contribution in [2.24, 2.45) is 0 Å². The fourth-order valence-corrected chi connectivity index (χ4v) is 3.94. The molecule has 1 saturated heterocycles. The molecule has 0 aliphatic carbocycles. The molecule has 1 N–H and O–H groups in total. The molecule has 27 heavy (non-hydrogen) atoms. The number of hydrogen-bond acceptors (Lipinski definition) is 7. The first-order chi connectivity index (χ1) is 12.8. The van der Waals surface area contributed by atoms with Crippen LogP contribution in [0.1, 0.15) is 0 Å². The van der Waals surface area contributed by atoms with E-state index in [4.69, 9.17) is 27.9 Å². The van der Waals surface area contributed by atoms with Gasteiger partial charge in [0.15, 0.2) is 5.82 Å². The van der Waals surface area contributed by atoms with Gasteiger partial charge in [-0.2, -0.15) is 4.98 Å². The molecule has 0 saturated carbocycles. The third kappa shape index (κ3) is 4.44. The van der Waals surface area contributed by atoms with Crippen LogP contribution in [0, 0.1) is 0 Å². The van der Waals surface area contributed by atoms with E-state index in [9.17, 15) is 8.42 Å². The summed E-state index contributed by atoms with van der Waals surface area (Å²) in [6.45, 7) is 2.60. The van der Waals surface area contributed by atoms with Crippen molar-refractivity contribution in [1.82, 2.24) is 14.3 Å². The zero-order valence-electron chi connectivity index (χ0n) is 14.8. The first kappa shape index (κ1) is 20.1. The fourth-order valence-electron chi connectivity index (χ4n) is 2.60. The maximum absolute atomic E-state index is 12.9. The van der Waals surface area contributed by atoms with E-state index >= 15 is 0 Å². The largest absolute Gasteiger partial charge is 0.378 e. The SMILES string of the molecule is CN(C)S(=O)(=O)c1cc(N2CCOCC2)ccc1Nc1nc(Cl)ncc1Cl. The highest BCUT2D eigenvalue weighted by atomic mass is 35.5. The lowest BCUT2D eigenvalue weighted by atomic mass is 10.2. The summed E-state index contributed by atoms with van der Waals surface area (Å²) in [6.07, 6.45) is 1.35. The molecule has 0 atom stereocenters. The molecule has 146 valence electrons. The van der Waals surface area contributed by atoms with Crippen LogP contribution in [-0.4, -0.2) is 63.1 Å². The molecule has 3 rings (SSSR count). The minimum Gasteiger partial charge on any atom is -0.378 e. The highest BCUT2D eigenvalue weighted by molar-refractivity contribution is 7.89. The zero-order valence-corrected chi connectivity index (χ0v) is 17.1. The fraction of sp³-hybridized carbons (Fsp3) is 0.375. The van der Waals surface area contributed by atoms with Crippen LogP contribution < -0.4 is 10.2 Å². The third-order valence-electron chi connectivity index (χ3n) is 4.07. The van der Waals surface area contributed by atoms with Gasteiger partial charge in [-0.25, -0.2) is 17.7 Å². The van der Waals surface area contributed by atoms with E-state index in [0.717, 1.165) is 9.99 Å². The van der Waals surface area contributed by atoms with Gasteiger partial charge >= 0.3 is 0 Å². The molecule has 1 aromatic heterocycles. The number of halogens is 2. The van der Waals surface area contributed by atoms with E-state index in [1.165, 1.54) is 20.3 Å². The standard InChI is InChI=1S/C16H19Cl2N5O3S/c1-22(2)27(24,25)14-9-11(23-5-7-26-8-6-23)3-4-13(14)20-15-12(17)10-19-16(18)21-15/h3-4,9-10H,5-8H2,1-2H3,(H,19,20,21). The maximum atomic E-state index is 12.9. The molecule has 1 aliphatic rings.